The van der Waals surface area contributed by atoms with Crippen LogP contribution in [0.5, 0.6) is 0 Å². The van der Waals surface area contributed by atoms with Gasteiger partial charge in [-0.1, -0.05) is 215 Å². The summed E-state index contributed by atoms with van der Waals surface area (Å²) in [5.41, 5.74) is 0. The van der Waals surface area contributed by atoms with E-state index in [9.17, 15) is 14.4 Å². The van der Waals surface area contributed by atoms with Crippen LogP contribution in [0.15, 0.2) is 0 Å². The van der Waals surface area contributed by atoms with E-state index in [4.69, 9.17) is 23.7 Å². The highest BCUT2D eigenvalue weighted by Crippen LogP contribution is 2.21. The minimum Gasteiger partial charge on any atom is -0.462 e. The maximum absolute atomic E-state index is 13.5. The summed E-state index contributed by atoms with van der Waals surface area (Å²) in [6.07, 6.45) is 43.1. The van der Waals surface area contributed by atoms with Crippen LogP contribution in [0.2, 0.25) is 0 Å². The Morgan fingerprint density at radius 3 is 1.11 bits per heavy atom. The minimum absolute atomic E-state index is 0. The number of ether oxygens (including phenoxy) is 5. The largest absolute Gasteiger partial charge is 0.462 e. The van der Waals surface area contributed by atoms with Crippen LogP contribution in [-0.2, 0) is 38.1 Å². The van der Waals surface area contributed by atoms with Gasteiger partial charge in [-0.2, -0.15) is 0 Å². The van der Waals surface area contributed by atoms with Gasteiger partial charge in [0, 0.05) is 39.6 Å². The highest BCUT2D eigenvalue weighted by molar-refractivity contribution is 5.84. The molecule has 0 spiro atoms. The molecule has 0 aliphatic rings. The summed E-state index contributed by atoms with van der Waals surface area (Å²) in [7, 11) is 3.23. The third-order valence-electron chi connectivity index (χ3n) is 12.3. The standard InChI is InChI=1S/C53H104N2O8.2CH4/c1-5-7-9-11-13-15-17-19-21-23-25-27-29-31-33-35-37-50(36-34-32-30-28-26-24-22-20-18-16-14-12-10-8-6-2)63-52(57)48-49(53(58)55-41-43-62-47-45-60-4)38-39-51(56)54-40-42-61-46-44-59-3;;/h49-50H,5-48H2,1-4H3,(H,54,56)(H,55,58);2*1H4/t49-,50?;;/m0../s1. The molecule has 0 aliphatic carbocycles. The molecule has 0 saturated heterocycles. The van der Waals surface area contributed by atoms with Crippen molar-refractivity contribution in [2.75, 3.05) is 67.0 Å². The number of carbonyl (C=O) groups is 3. The Balaban J connectivity index is -0.0000192. The zero-order valence-electron chi connectivity index (χ0n) is 42.0. The molecule has 0 aromatic carbocycles. The van der Waals surface area contributed by atoms with Crippen molar-refractivity contribution in [3.05, 3.63) is 0 Å². The van der Waals surface area contributed by atoms with Crippen LogP contribution in [-0.4, -0.2) is 90.8 Å². The zero-order chi connectivity index (χ0) is 45.9. The molecule has 0 radical (unpaired) electrons. The predicted octanol–water partition coefficient (Wildman–Crippen LogP) is 14.4. The van der Waals surface area contributed by atoms with Crippen molar-refractivity contribution in [1.29, 1.82) is 0 Å². The second kappa shape index (κ2) is 56.6. The Morgan fingerprint density at radius 2 is 0.754 bits per heavy atom. The summed E-state index contributed by atoms with van der Waals surface area (Å²) in [4.78, 5) is 39.5. The van der Waals surface area contributed by atoms with Crippen molar-refractivity contribution in [2.24, 2.45) is 5.92 Å². The van der Waals surface area contributed by atoms with Gasteiger partial charge in [0.25, 0.3) is 0 Å². The molecule has 390 valence electrons. The fourth-order valence-electron chi connectivity index (χ4n) is 8.22. The Labute approximate surface area is 404 Å². The first-order valence-corrected chi connectivity index (χ1v) is 26.9. The van der Waals surface area contributed by atoms with Gasteiger partial charge in [-0.3, -0.25) is 14.4 Å². The fourth-order valence-corrected chi connectivity index (χ4v) is 8.22. The zero-order valence-corrected chi connectivity index (χ0v) is 42.0. The third-order valence-corrected chi connectivity index (χ3v) is 12.3. The summed E-state index contributed by atoms with van der Waals surface area (Å²) < 4.78 is 27.1. The summed E-state index contributed by atoms with van der Waals surface area (Å²) in [5.74, 6) is -1.44. The van der Waals surface area contributed by atoms with Gasteiger partial charge in [-0.15, -0.1) is 0 Å². The molecule has 2 N–H and O–H groups in total. The number of hydrogen-bond acceptors (Lipinski definition) is 8. The number of esters is 1. The van der Waals surface area contributed by atoms with Gasteiger partial charge >= 0.3 is 5.97 Å². The van der Waals surface area contributed by atoms with E-state index < -0.39 is 5.92 Å². The molecule has 0 aromatic heterocycles. The van der Waals surface area contributed by atoms with Crippen molar-refractivity contribution in [3.8, 4) is 0 Å². The van der Waals surface area contributed by atoms with Crippen molar-refractivity contribution in [3.63, 3.8) is 0 Å². The van der Waals surface area contributed by atoms with E-state index in [0.29, 0.717) is 52.7 Å². The third kappa shape index (κ3) is 51.5. The van der Waals surface area contributed by atoms with Crippen LogP contribution in [0.4, 0.5) is 0 Å². The number of methoxy groups -OCH3 is 2. The molecular formula is C55H112N2O8. The van der Waals surface area contributed by atoms with E-state index in [1.54, 1.807) is 14.2 Å². The molecule has 2 amide bonds. The monoisotopic (exact) mass is 929 g/mol. The SMILES string of the molecule is C.C.CCCCCCCCCCCCCCCCCCC(CCCCCCCCCCCCCCCCC)OC(=O)C[C@H](CCC(=O)NCCOCCOC)C(=O)NCCOCCOC. The molecule has 2 atom stereocenters. The average molecular weight is 930 g/mol. The number of hydrogen-bond donors (Lipinski definition) is 2. The minimum atomic E-state index is -0.665. The molecule has 1 unspecified atom stereocenters. The first-order valence-electron chi connectivity index (χ1n) is 26.9. The first kappa shape index (κ1) is 67.5. The van der Waals surface area contributed by atoms with Crippen molar-refractivity contribution >= 4 is 17.8 Å². The second-order valence-electron chi connectivity index (χ2n) is 18.2. The van der Waals surface area contributed by atoms with Crippen LogP contribution in [0.3, 0.4) is 0 Å². The first-order chi connectivity index (χ1) is 31.0. The average Bonchev–Trinajstić information content (AvgIpc) is 3.28. The van der Waals surface area contributed by atoms with E-state index >= 15 is 0 Å². The van der Waals surface area contributed by atoms with Gasteiger partial charge in [-0.25, -0.2) is 0 Å². The lowest BCUT2D eigenvalue weighted by atomic mass is 9.97. The molecule has 0 aromatic rings. The molecule has 10 heteroatoms. The molecule has 10 nitrogen and oxygen atoms in total. The fraction of sp³-hybridized carbons (Fsp3) is 0.945. The summed E-state index contributed by atoms with van der Waals surface area (Å²) in [5, 5.41) is 5.76. The van der Waals surface area contributed by atoms with Crippen LogP contribution >= 0.6 is 0 Å². The summed E-state index contributed by atoms with van der Waals surface area (Å²) >= 11 is 0. The van der Waals surface area contributed by atoms with Gasteiger partial charge in [0.2, 0.25) is 11.8 Å². The van der Waals surface area contributed by atoms with E-state index in [2.05, 4.69) is 24.5 Å². The maximum Gasteiger partial charge on any atom is 0.306 e. The summed E-state index contributed by atoms with van der Waals surface area (Å²) in [6, 6.07) is 0. The van der Waals surface area contributed by atoms with Gasteiger partial charge in [0.1, 0.15) is 6.10 Å². The predicted molar refractivity (Wildman–Crippen MR) is 276 cm³/mol. The number of rotatable bonds is 52. The second-order valence-corrected chi connectivity index (χ2v) is 18.2. The highest BCUT2D eigenvalue weighted by Gasteiger charge is 2.25. The number of carbonyl (C=O) groups excluding carboxylic acids is 3. The number of amides is 2. The quantitative estimate of drug-likeness (QED) is 0.0457. The van der Waals surface area contributed by atoms with Crippen LogP contribution in [0.1, 0.15) is 260 Å². The van der Waals surface area contributed by atoms with Crippen LogP contribution in [0.25, 0.3) is 0 Å². The van der Waals surface area contributed by atoms with Gasteiger partial charge in [-0.05, 0) is 32.1 Å². The van der Waals surface area contributed by atoms with E-state index in [1.165, 1.54) is 173 Å². The summed E-state index contributed by atoms with van der Waals surface area (Å²) in [6.45, 7) is 7.87. The van der Waals surface area contributed by atoms with Crippen molar-refractivity contribution in [1.82, 2.24) is 10.6 Å². The van der Waals surface area contributed by atoms with Crippen molar-refractivity contribution in [2.45, 2.75) is 266 Å². The molecule has 0 fully saturated rings. The lowest BCUT2D eigenvalue weighted by Crippen LogP contribution is -2.36. The lowest BCUT2D eigenvalue weighted by molar-refractivity contribution is -0.153. The van der Waals surface area contributed by atoms with E-state index in [-0.39, 0.29) is 58.0 Å². The van der Waals surface area contributed by atoms with E-state index in [0.717, 1.165) is 38.5 Å². The number of unbranched alkanes of at least 4 members (excludes halogenated alkanes) is 29. The Kier molecular flexibility index (Phi) is 58.8. The molecular weight excluding hydrogens is 817 g/mol. The molecule has 0 rings (SSSR count). The van der Waals surface area contributed by atoms with Gasteiger partial charge in [0.15, 0.2) is 0 Å². The highest BCUT2D eigenvalue weighted by atomic mass is 16.5. The molecule has 0 saturated carbocycles. The normalized spacial score (nSPS) is 12.0. The smallest absolute Gasteiger partial charge is 0.306 e. The van der Waals surface area contributed by atoms with Gasteiger partial charge in [0.05, 0.1) is 46.1 Å². The molecule has 65 heavy (non-hydrogen) atoms. The molecule has 0 heterocycles. The Hall–Kier alpha value is -1.75. The van der Waals surface area contributed by atoms with Crippen molar-refractivity contribution < 1.29 is 38.1 Å². The molecule has 0 bridgehead atoms. The maximum atomic E-state index is 13.5. The van der Waals surface area contributed by atoms with Gasteiger partial charge < -0.3 is 34.3 Å². The lowest BCUT2D eigenvalue weighted by Gasteiger charge is -2.21. The Bertz CT molecular complexity index is 970. The van der Waals surface area contributed by atoms with Crippen LogP contribution < -0.4 is 10.6 Å². The number of nitrogens with one attached hydrogen (secondary N) is 2. The topological polar surface area (TPSA) is 121 Å². The van der Waals surface area contributed by atoms with E-state index in [1.807, 2.05) is 0 Å². The Morgan fingerprint density at radius 1 is 0.415 bits per heavy atom. The van der Waals surface area contributed by atoms with Crippen LogP contribution in [0, 0.1) is 5.92 Å². The molecule has 0 aliphatic heterocycles.